The van der Waals surface area contributed by atoms with Crippen LogP contribution in [-0.4, -0.2) is 54.0 Å². The number of piperidine rings is 1. The van der Waals surface area contributed by atoms with Gasteiger partial charge in [0.25, 0.3) is 5.91 Å². The van der Waals surface area contributed by atoms with Gasteiger partial charge in [0.1, 0.15) is 0 Å². The van der Waals surface area contributed by atoms with Gasteiger partial charge in [-0.1, -0.05) is 0 Å². The number of carbonyl (C=O) groups is 1. The zero-order valence-corrected chi connectivity index (χ0v) is 13.1. The summed E-state index contributed by atoms with van der Waals surface area (Å²) < 4.78 is 16.8. The third kappa shape index (κ3) is 3.23. The zero-order chi connectivity index (χ0) is 15.6. The van der Waals surface area contributed by atoms with Crippen molar-refractivity contribution < 1.29 is 19.0 Å². The zero-order valence-electron chi connectivity index (χ0n) is 13.1. The van der Waals surface area contributed by atoms with Gasteiger partial charge in [0.15, 0.2) is 5.79 Å². The van der Waals surface area contributed by atoms with Crippen LogP contribution in [0.5, 0.6) is 5.88 Å². The van der Waals surface area contributed by atoms with E-state index in [0.29, 0.717) is 37.7 Å². The quantitative estimate of drug-likeness (QED) is 0.853. The first-order valence-corrected chi connectivity index (χ1v) is 7.78. The Bertz CT molecular complexity index is 513. The van der Waals surface area contributed by atoms with Crippen LogP contribution in [0, 0.1) is 0 Å². The van der Waals surface area contributed by atoms with Crippen molar-refractivity contribution in [2.24, 2.45) is 0 Å². The number of ether oxygens (including phenoxy) is 3. The Balaban J connectivity index is 1.60. The van der Waals surface area contributed by atoms with Gasteiger partial charge in [0.2, 0.25) is 5.88 Å². The molecule has 2 aliphatic rings. The van der Waals surface area contributed by atoms with Crippen LogP contribution in [0.4, 0.5) is 0 Å². The monoisotopic (exact) mass is 306 g/mol. The molecular weight excluding hydrogens is 284 g/mol. The number of nitrogens with zero attached hydrogens (tertiary/aromatic N) is 2. The van der Waals surface area contributed by atoms with Crippen molar-refractivity contribution in [1.29, 1.82) is 0 Å². The first kappa shape index (κ1) is 15.2. The minimum atomic E-state index is -0.454. The van der Waals surface area contributed by atoms with Crippen molar-refractivity contribution in [2.75, 3.05) is 26.3 Å². The maximum atomic E-state index is 12.5. The highest BCUT2D eigenvalue weighted by Gasteiger charge is 2.40. The van der Waals surface area contributed by atoms with Gasteiger partial charge in [-0.25, -0.2) is 4.98 Å². The highest BCUT2D eigenvalue weighted by atomic mass is 16.7. The molecule has 0 N–H and O–H groups in total. The molecule has 0 unspecified atom stereocenters. The molecule has 0 radical (unpaired) electrons. The largest absolute Gasteiger partial charge is 0.475 e. The van der Waals surface area contributed by atoms with Gasteiger partial charge in [-0.3, -0.25) is 4.79 Å². The first-order valence-electron chi connectivity index (χ1n) is 7.78. The van der Waals surface area contributed by atoms with E-state index in [0.717, 1.165) is 12.8 Å². The van der Waals surface area contributed by atoms with Gasteiger partial charge >= 0.3 is 0 Å². The van der Waals surface area contributed by atoms with Crippen molar-refractivity contribution in [3.05, 3.63) is 23.9 Å². The van der Waals surface area contributed by atoms with Crippen molar-refractivity contribution in [1.82, 2.24) is 9.88 Å². The average Bonchev–Trinajstić information content (AvgIpc) is 2.96. The fourth-order valence-electron chi connectivity index (χ4n) is 2.84. The van der Waals surface area contributed by atoms with Crippen LogP contribution in [0.25, 0.3) is 0 Å². The van der Waals surface area contributed by atoms with Gasteiger partial charge < -0.3 is 19.1 Å². The molecule has 2 fully saturated rings. The Labute approximate surface area is 130 Å². The fraction of sp³-hybridized carbons (Fsp3) is 0.625. The number of amides is 1. The second kappa shape index (κ2) is 6.22. The van der Waals surface area contributed by atoms with E-state index in [1.54, 1.807) is 18.3 Å². The standard InChI is InChI=1S/C16H22N2O4/c1-12(2)22-14-4-3-13(11-17-14)15(19)18-7-5-16(6-8-18)20-9-10-21-16/h3-4,11-12H,5-10H2,1-2H3. The summed E-state index contributed by atoms with van der Waals surface area (Å²) in [6.07, 6.45) is 3.09. The van der Waals surface area contributed by atoms with Crippen molar-refractivity contribution in [2.45, 2.75) is 38.6 Å². The predicted molar refractivity (Wildman–Crippen MR) is 79.8 cm³/mol. The van der Waals surface area contributed by atoms with Crippen LogP contribution in [0.1, 0.15) is 37.0 Å². The highest BCUT2D eigenvalue weighted by Crippen LogP contribution is 2.31. The molecule has 1 aromatic rings. The number of carbonyl (C=O) groups excluding carboxylic acids is 1. The normalized spacial score (nSPS) is 20.6. The summed E-state index contributed by atoms with van der Waals surface area (Å²) in [5.74, 6) is 0.0811. The molecule has 0 aliphatic carbocycles. The topological polar surface area (TPSA) is 60.9 Å². The third-order valence-electron chi connectivity index (χ3n) is 3.97. The van der Waals surface area contributed by atoms with E-state index in [1.807, 2.05) is 18.7 Å². The number of hydrogen-bond donors (Lipinski definition) is 0. The second-order valence-electron chi connectivity index (χ2n) is 5.95. The number of aromatic nitrogens is 1. The van der Waals surface area contributed by atoms with Crippen molar-refractivity contribution in [3.63, 3.8) is 0 Å². The van der Waals surface area contributed by atoms with Crippen LogP contribution in [0.3, 0.4) is 0 Å². The van der Waals surface area contributed by atoms with Crippen LogP contribution in [-0.2, 0) is 9.47 Å². The molecule has 22 heavy (non-hydrogen) atoms. The van der Waals surface area contributed by atoms with Gasteiger partial charge in [-0.05, 0) is 19.9 Å². The lowest BCUT2D eigenvalue weighted by atomic mass is 10.0. The maximum absolute atomic E-state index is 12.5. The van der Waals surface area contributed by atoms with Crippen LogP contribution < -0.4 is 4.74 Å². The molecule has 0 aromatic carbocycles. The highest BCUT2D eigenvalue weighted by molar-refractivity contribution is 5.94. The van der Waals surface area contributed by atoms with Gasteiger partial charge in [-0.15, -0.1) is 0 Å². The Morgan fingerprint density at radius 1 is 1.27 bits per heavy atom. The summed E-state index contributed by atoms with van der Waals surface area (Å²) in [7, 11) is 0. The second-order valence-corrected chi connectivity index (χ2v) is 5.95. The lowest BCUT2D eigenvalue weighted by Crippen LogP contribution is -2.47. The molecule has 6 heteroatoms. The van der Waals surface area contributed by atoms with Crippen LogP contribution in [0.15, 0.2) is 18.3 Å². The third-order valence-corrected chi connectivity index (χ3v) is 3.97. The summed E-state index contributed by atoms with van der Waals surface area (Å²) in [5.41, 5.74) is 0.584. The Morgan fingerprint density at radius 2 is 1.95 bits per heavy atom. The van der Waals surface area contributed by atoms with E-state index in [9.17, 15) is 4.79 Å². The molecule has 0 atom stereocenters. The molecule has 1 spiro atoms. The predicted octanol–water partition coefficient (Wildman–Crippen LogP) is 1.85. The fourth-order valence-corrected chi connectivity index (χ4v) is 2.84. The smallest absolute Gasteiger partial charge is 0.255 e. The molecule has 2 aliphatic heterocycles. The lowest BCUT2D eigenvalue weighted by Gasteiger charge is -2.37. The molecule has 6 nitrogen and oxygen atoms in total. The van der Waals surface area contributed by atoms with Gasteiger partial charge in [-0.2, -0.15) is 0 Å². The van der Waals surface area contributed by atoms with E-state index < -0.39 is 5.79 Å². The van der Waals surface area contributed by atoms with E-state index >= 15 is 0 Å². The minimum Gasteiger partial charge on any atom is -0.475 e. The Hall–Kier alpha value is -1.66. The SMILES string of the molecule is CC(C)Oc1ccc(C(=O)N2CCC3(CC2)OCCO3)cn1. The molecule has 120 valence electrons. The maximum Gasteiger partial charge on any atom is 0.255 e. The summed E-state index contributed by atoms with van der Waals surface area (Å²) in [6.45, 7) is 6.46. The Morgan fingerprint density at radius 3 is 2.50 bits per heavy atom. The average molecular weight is 306 g/mol. The van der Waals surface area contributed by atoms with E-state index in [1.165, 1.54) is 0 Å². The molecule has 3 rings (SSSR count). The molecule has 0 bridgehead atoms. The molecule has 1 aromatic heterocycles. The van der Waals surface area contributed by atoms with Crippen molar-refractivity contribution in [3.8, 4) is 5.88 Å². The van der Waals surface area contributed by atoms with Crippen LogP contribution >= 0.6 is 0 Å². The van der Waals surface area contributed by atoms with Gasteiger partial charge in [0.05, 0.1) is 24.9 Å². The lowest BCUT2D eigenvalue weighted by molar-refractivity contribution is -0.181. The molecular formula is C16H22N2O4. The molecule has 3 heterocycles. The van der Waals surface area contributed by atoms with E-state index in [2.05, 4.69) is 4.98 Å². The summed E-state index contributed by atoms with van der Waals surface area (Å²) in [5, 5.41) is 0. The number of pyridine rings is 1. The molecule has 0 saturated carbocycles. The Kier molecular flexibility index (Phi) is 4.31. The number of rotatable bonds is 3. The number of likely N-dealkylation sites (tertiary alicyclic amines) is 1. The number of hydrogen-bond acceptors (Lipinski definition) is 5. The summed E-state index contributed by atoms with van der Waals surface area (Å²) in [4.78, 5) is 18.5. The summed E-state index contributed by atoms with van der Waals surface area (Å²) >= 11 is 0. The van der Waals surface area contributed by atoms with Crippen molar-refractivity contribution >= 4 is 5.91 Å². The first-order chi connectivity index (χ1) is 10.6. The molecule has 1 amide bonds. The van der Waals surface area contributed by atoms with E-state index in [4.69, 9.17) is 14.2 Å². The molecule has 2 saturated heterocycles. The minimum absolute atomic E-state index is 0.00329. The van der Waals surface area contributed by atoms with Crippen LogP contribution in [0.2, 0.25) is 0 Å². The van der Waals surface area contributed by atoms with E-state index in [-0.39, 0.29) is 12.0 Å². The van der Waals surface area contributed by atoms with Gasteiger partial charge in [0, 0.05) is 38.2 Å². The summed E-state index contributed by atoms with van der Waals surface area (Å²) in [6, 6.07) is 3.50.